The molecule has 21 heavy (non-hydrogen) atoms. The molecule has 110 valence electrons. The van der Waals surface area contributed by atoms with Crippen molar-refractivity contribution in [2.24, 2.45) is 5.92 Å². The molecule has 2 aromatic rings. The number of carbonyl (C=O) groups is 1. The van der Waals surface area contributed by atoms with Gasteiger partial charge in [-0.1, -0.05) is 25.0 Å². The van der Waals surface area contributed by atoms with Gasteiger partial charge in [-0.2, -0.15) is 0 Å². The van der Waals surface area contributed by atoms with Crippen molar-refractivity contribution in [2.75, 3.05) is 0 Å². The maximum atomic E-state index is 12.2. The molecule has 1 heterocycles. The van der Waals surface area contributed by atoms with Crippen molar-refractivity contribution in [2.45, 2.75) is 38.6 Å². The standard InChI is InChI=1S/C17H21N3O/c1-13(19-17(21)15-4-2-3-5-15)14-6-8-16(9-7-14)20-11-10-18-12-20/h6-13,15H,2-5H2,1H3,(H,19,21). The molecular formula is C17H21N3O. The van der Waals surface area contributed by atoms with Crippen molar-refractivity contribution in [3.8, 4) is 5.69 Å². The fourth-order valence-electron chi connectivity index (χ4n) is 2.95. The second-order valence-electron chi connectivity index (χ2n) is 5.77. The number of aromatic nitrogens is 2. The first-order valence-electron chi connectivity index (χ1n) is 7.63. The number of benzene rings is 1. The fraction of sp³-hybridized carbons (Fsp3) is 0.412. The van der Waals surface area contributed by atoms with E-state index in [1.165, 1.54) is 12.8 Å². The minimum absolute atomic E-state index is 0.0509. The van der Waals surface area contributed by atoms with Gasteiger partial charge in [0.15, 0.2) is 0 Å². The lowest BCUT2D eigenvalue weighted by atomic mass is 10.0. The van der Waals surface area contributed by atoms with Crippen molar-refractivity contribution in [3.05, 3.63) is 48.5 Å². The third kappa shape index (κ3) is 3.15. The number of rotatable bonds is 4. The fourth-order valence-corrected chi connectivity index (χ4v) is 2.95. The molecule has 0 saturated heterocycles. The lowest BCUT2D eigenvalue weighted by Crippen LogP contribution is -2.31. The molecule has 1 amide bonds. The predicted molar refractivity (Wildman–Crippen MR) is 82.1 cm³/mol. The van der Waals surface area contributed by atoms with Gasteiger partial charge in [-0.25, -0.2) is 4.98 Å². The van der Waals surface area contributed by atoms with Gasteiger partial charge < -0.3 is 9.88 Å². The van der Waals surface area contributed by atoms with Crippen LogP contribution in [-0.4, -0.2) is 15.5 Å². The Morgan fingerprint density at radius 1 is 1.29 bits per heavy atom. The van der Waals surface area contributed by atoms with Gasteiger partial charge in [-0.3, -0.25) is 4.79 Å². The normalized spacial score (nSPS) is 16.8. The molecule has 1 saturated carbocycles. The number of nitrogens with one attached hydrogen (secondary N) is 1. The van der Waals surface area contributed by atoms with Crippen LogP contribution in [0.1, 0.15) is 44.2 Å². The monoisotopic (exact) mass is 283 g/mol. The van der Waals surface area contributed by atoms with Crippen LogP contribution in [0.15, 0.2) is 43.0 Å². The molecule has 1 fully saturated rings. The van der Waals surface area contributed by atoms with E-state index < -0.39 is 0 Å². The van der Waals surface area contributed by atoms with E-state index in [4.69, 9.17) is 0 Å². The highest BCUT2D eigenvalue weighted by molar-refractivity contribution is 5.79. The van der Waals surface area contributed by atoms with Gasteiger partial charge in [0.05, 0.1) is 12.4 Å². The summed E-state index contributed by atoms with van der Waals surface area (Å²) in [7, 11) is 0. The number of nitrogens with zero attached hydrogens (tertiary/aromatic N) is 2. The Bertz CT molecular complexity index is 583. The Kier molecular flexibility index (Phi) is 4.04. The minimum Gasteiger partial charge on any atom is -0.349 e. The topological polar surface area (TPSA) is 46.9 Å². The van der Waals surface area contributed by atoms with Gasteiger partial charge in [0.2, 0.25) is 5.91 Å². The molecule has 3 rings (SSSR count). The van der Waals surface area contributed by atoms with Crippen LogP contribution >= 0.6 is 0 Å². The summed E-state index contributed by atoms with van der Waals surface area (Å²) in [4.78, 5) is 16.2. The number of hydrogen-bond acceptors (Lipinski definition) is 2. The van der Waals surface area contributed by atoms with E-state index in [0.29, 0.717) is 0 Å². The van der Waals surface area contributed by atoms with Gasteiger partial charge in [0.25, 0.3) is 0 Å². The summed E-state index contributed by atoms with van der Waals surface area (Å²) in [6, 6.07) is 8.28. The number of hydrogen-bond donors (Lipinski definition) is 1. The highest BCUT2D eigenvalue weighted by Crippen LogP contribution is 2.26. The largest absolute Gasteiger partial charge is 0.349 e. The lowest BCUT2D eigenvalue weighted by molar-refractivity contribution is -0.125. The molecule has 4 nitrogen and oxygen atoms in total. The number of amides is 1. The highest BCUT2D eigenvalue weighted by Gasteiger charge is 2.23. The van der Waals surface area contributed by atoms with E-state index in [0.717, 1.165) is 24.1 Å². The zero-order valence-corrected chi connectivity index (χ0v) is 12.3. The molecule has 1 aromatic carbocycles. The van der Waals surface area contributed by atoms with Crippen LogP contribution in [0.3, 0.4) is 0 Å². The molecule has 1 atom stereocenters. The summed E-state index contributed by atoms with van der Waals surface area (Å²) in [6.45, 7) is 2.04. The average Bonchev–Trinajstić information content (AvgIpc) is 3.20. The van der Waals surface area contributed by atoms with Crippen molar-refractivity contribution in [3.63, 3.8) is 0 Å². The number of imidazole rings is 1. The molecular weight excluding hydrogens is 262 g/mol. The molecule has 1 aliphatic rings. The molecule has 0 bridgehead atoms. The van der Waals surface area contributed by atoms with Gasteiger partial charge in [0.1, 0.15) is 0 Å². The van der Waals surface area contributed by atoms with Crippen molar-refractivity contribution >= 4 is 5.91 Å². The zero-order valence-electron chi connectivity index (χ0n) is 12.3. The Morgan fingerprint density at radius 3 is 2.62 bits per heavy atom. The zero-order chi connectivity index (χ0) is 14.7. The first-order chi connectivity index (χ1) is 10.2. The van der Waals surface area contributed by atoms with Gasteiger partial charge in [0, 0.05) is 24.0 Å². The maximum absolute atomic E-state index is 12.2. The Labute approximate surface area is 125 Å². The smallest absolute Gasteiger partial charge is 0.223 e. The summed E-state index contributed by atoms with van der Waals surface area (Å²) < 4.78 is 1.96. The molecule has 0 aliphatic heterocycles. The van der Waals surface area contributed by atoms with E-state index in [1.807, 2.05) is 17.7 Å². The van der Waals surface area contributed by atoms with Gasteiger partial charge >= 0.3 is 0 Å². The molecule has 1 aliphatic carbocycles. The SMILES string of the molecule is CC(NC(=O)C1CCCC1)c1ccc(-n2ccnc2)cc1. The first-order valence-corrected chi connectivity index (χ1v) is 7.63. The predicted octanol–water partition coefficient (Wildman–Crippen LogP) is 3.24. The Hall–Kier alpha value is -2.10. The summed E-state index contributed by atoms with van der Waals surface area (Å²) in [6.07, 6.45) is 9.91. The molecule has 0 radical (unpaired) electrons. The second kappa shape index (κ2) is 6.12. The quantitative estimate of drug-likeness (QED) is 0.936. The number of carbonyl (C=O) groups excluding carboxylic acids is 1. The van der Waals surface area contributed by atoms with Crippen molar-refractivity contribution < 1.29 is 4.79 Å². The van der Waals surface area contributed by atoms with E-state index in [-0.39, 0.29) is 17.9 Å². The molecule has 1 unspecified atom stereocenters. The van der Waals surface area contributed by atoms with Crippen molar-refractivity contribution in [1.82, 2.24) is 14.9 Å². The average molecular weight is 283 g/mol. The van der Waals surface area contributed by atoms with Crippen LogP contribution in [0.25, 0.3) is 5.69 Å². The van der Waals surface area contributed by atoms with Crippen LogP contribution in [0, 0.1) is 5.92 Å². The van der Waals surface area contributed by atoms with Crippen molar-refractivity contribution in [1.29, 1.82) is 0 Å². The Morgan fingerprint density at radius 2 is 2.00 bits per heavy atom. The van der Waals surface area contributed by atoms with Gasteiger partial charge in [-0.05, 0) is 37.5 Å². The summed E-state index contributed by atoms with van der Waals surface area (Å²) in [5, 5.41) is 3.13. The Balaban J connectivity index is 1.64. The molecule has 4 heteroatoms. The van der Waals surface area contributed by atoms with Crippen LogP contribution in [0.5, 0.6) is 0 Å². The van der Waals surface area contributed by atoms with E-state index in [9.17, 15) is 4.79 Å². The third-order valence-corrected chi connectivity index (χ3v) is 4.28. The van der Waals surface area contributed by atoms with Crippen LogP contribution in [0.2, 0.25) is 0 Å². The van der Waals surface area contributed by atoms with E-state index >= 15 is 0 Å². The van der Waals surface area contributed by atoms with E-state index in [2.05, 4.69) is 34.6 Å². The molecule has 1 N–H and O–H groups in total. The van der Waals surface area contributed by atoms with Gasteiger partial charge in [-0.15, -0.1) is 0 Å². The van der Waals surface area contributed by atoms with Crippen LogP contribution < -0.4 is 5.32 Å². The lowest BCUT2D eigenvalue weighted by Gasteiger charge is -2.17. The second-order valence-corrected chi connectivity index (χ2v) is 5.77. The minimum atomic E-state index is 0.0509. The summed E-state index contributed by atoms with van der Waals surface area (Å²) >= 11 is 0. The maximum Gasteiger partial charge on any atom is 0.223 e. The molecule has 0 spiro atoms. The van der Waals surface area contributed by atoms with Crippen LogP contribution in [-0.2, 0) is 4.79 Å². The third-order valence-electron chi connectivity index (χ3n) is 4.28. The first kappa shape index (κ1) is 13.9. The summed E-state index contributed by atoms with van der Waals surface area (Å²) in [5.41, 5.74) is 2.20. The highest BCUT2D eigenvalue weighted by atomic mass is 16.1. The van der Waals surface area contributed by atoms with E-state index in [1.54, 1.807) is 12.5 Å². The molecule has 1 aromatic heterocycles. The summed E-state index contributed by atoms with van der Waals surface area (Å²) in [5.74, 6) is 0.427. The van der Waals surface area contributed by atoms with Crippen LogP contribution in [0.4, 0.5) is 0 Å².